The minimum atomic E-state index is -0.692. The van der Waals surface area contributed by atoms with Crippen molar-refractivity contribution in [3.63, 3.8) is 0 Å². The van der Waals surface area contributed by atoms with Crippen LogP contribution in [-0.4, -0.2) is 30.0 Å². The smallest absolute Gasteiger partial charge is 0.257 e. The first-order chi connectivity index (χ1) is 14.1. The number of nitrogens with zero attached hydrogens (tertiary/aromatic N) is 1. The normalized spacial score (nSPS) is 12.0. The quantitative estimate of drug-likeness (QED) is 0.404. The first kappa shape index (κ1) is 21.2. The van der Waals surface area contributed by atoms with Crippen LogP contribution >= 0.6 is 0 Å². The molecule has 0 saturated heterocycles. The fourth-order valence-electron chi connectivity index (χ4n) is 3.16. The largest absolute Gasteiger partial charge is 0.505 e. The Hall–Kier alpha value is -3.55. The molecule has 1 unspecified atom stereocenters. The van der Waals surface area contributed by atoms with Gasteiger partial charge in [-0.25, -0.2) is 0 Å². The third kappa shape index (κ3) is 3.68. The van der Waals surface area contributed by atoms with Gasteiger partial charge in [-0.15, -0.1) is 0 Å². The maximum atomic E-state index is 12.2. The summed E-state index contributed by atoms with van der Waals surface area (Å²) in [7, 11) is 3.15. The van der Waals surface area contributed by atoms with Gasteiger partial charge in [0.15, 0.2) is 5.75 Å². The third-order valence-electron chi connectivity index (χ3n) is 5.10. The molecule has 2 aromatic carbocycles. The number of aryl methyl sites for hydroxylation is 2. The lowest BCUT2D eigenvalue weighted by molar-refractivity contribution is 0.0824. The molecule has 3 N–H and O–H groups in total. The molecule has 0 spiro atoms. The van der Waals surface area contributed by atoms with Gasteiger partial charge in [-0.05, 0) is 44.0 Å². The molecule has 0 fully saturated rings. The SMILES string of the molecule is CCC(Nc1c(Nc2cccc(C(=O)N(C)C)c2O)c(=O)c1=O)c1cc(C)c(C)o1. The molecule has 8 heteroatoms. The number of phenols is 1. The number of anilines is 3. The summed E-state index contributed by atoms with van der Waals surface area (Å²) < 4.78 is 5.75. The Bertz CT molecular complexity index is 1150. The van der Waals surface area contributed by atoms with Crippen LogP contribution in [-0.2, 0) is 0 Å². The van der Waals surface area contributed by atoms with Crippen LogP contribution in [0, 0.1) is 13.8 Å². The molecule has 158 valence electrons. The molecule has 0 saturated carbocycles. The molecule has 8 nitrogen and oxygen atoms in total. The van der Waals surface area contributed by atoms with Crippen molar-refractivity contribution in [2.75, 3.05) is 24.7 Å². The molecule has 1 heterocycles. The lowest BCUT2D eigenvalue weighted by Crippen LogP contribution is -2.37. The van der Waals surface area contributed by atoms with E-state index in [4.69, 9.17) is 4.42 Å². The van der Waals surface area contributed by atoms with Crippen LogP contribution in [0.25, 0.3) is 0 Å². The van der Waals surface area contributed by atoms with E-state index in [-0.39, 0.29) is 40.3 Å². The number of aromatic hydroxyl groups is 1. The van der Waals surface area contributed by atoms with Crippen LogP contribution < -0.4 is 21.5 Å². The van der Waals surface area contributed by atoms with Crippen LogP contribution in [0.1, 0.15) is 46.8 Å². The molecule has 3 aromatic rings. The van der Waals surface area contributed by atoms with Crippen LogP contribution in [0.15, 0.2) is 38.3 Å². The van der Waals surface area contributed by atoms with Gasteiger partial charge in [0, 0.05) is 14.1 Å². The molecule has 1 aromatic heterocycles. The van der Waals surface area contributed by atoms with Gasteiger partial charge in [-0.2, -0.15) is 0 Å². The van der Waals surface area contributed by atoms with E-state index in [1.807, 2.05) is 26.8 Å². The number of furan rings is 1. The average molecular weight is 411 g/mol. The van der Waals surface area contributed by atoms with Crippen LogP contribution in [0.4, 0.5) is 17.1 Å². The highest BCUT2D eigenvalue weighted by Gasteiger charge is 2.26. The number of benzene rings is 1. The summed E-state index contributed by atoms with van der Waals surface area (Å²) >= 11 is 0. The van der Waals surface area contributed by atoms with Crippen molar-refractivity contribution in [1.82, 2.24) is 4.90 Å². The summed E-state index contributed by atoms with van der Waals surface area (Å²) in [5.74, 6) is 0.794. The maximum absolute atomic E-state index is 12.2. The van der Waals surface area contributed by atoms with Crippen molar-refractivity contribution < 1.29 is 14.3 Å². The molecule has 0 aliphatic carbocycles. The number of phenolic OH excluding ortho intramolecular Hbond substituents is 1. The van der Waals surface area contributed by atoms with Crippen molar-refractivity contribution >= 4 is 23.0 Å². The molecule has 0 aliphatic rings. The minimum Gasteiger partial charge on any atom is -0.505 e. The van der Waals surface area contributed by atoms with Gasteiger partial charge in [-0.1, -0.05) is 13.0 Å². The highest BCUT2D eigenvalue weighted by Crippen LogP contribution is 2.33. The molecule has 0 bridgehead atoms. The number of carbonyl (C=O) groups excluding carboxylic acids is 1. The highest BCUT2D eigenvalue weighted by molar-refractivity contribution is 5.99. The predicted octanol–water partition coefficient (Wildman–Crippen LogP) is 3.21. The Balaban J connectivity index is 1.91. The number of hydrogen-bond acceptors (Lipinski definition) is 7. The zero-order valence-electron chi connectivity index (χ0n) is 17.6. The number of amides is 1. The second-order valence-electron chi connectivity index (χ2n) is 7.43. The molecular formula is C22H25N3O5. The number of rotatable bonds is 7. The molecule has 30 heavy (non-hydrogen) atoms. The second-order valence-corrected chi connectivity index (χ2v) is 7.43. The van der Waals surface area contributed by atoms with E-state index >= 15 is 0 Å². The maximum Gasteiger partial charge on any atom is 0.257 e. The Labute approximate surface area is 173 Å². The topological polar surface area (TPSA) is 112 Å². The van der Waals surface area contributed by atoms with E-state index in [0.29, 0.717) is 12.2 Å². The summed E-state index contributed by atoms with van der Waals surface area (Å²) in [4.78, 5) is 37.9. The van der Waals surface area contributed by atoms with Gasteiger partial charge in [0.1, 0.15) is 22.9 Å². The summed E-state index contributed by atoms with van der Waals surface area (Å²) in [6.45, 7) is 5.73. The summed E-state index contributed by atoms with van der Waals surface area (Å²) in [5.41, 5.74) is 0.0898. The first-order valence-corrected chi connectivity index (χ1v) is 9.63. The summed E-state index contributed by atoms with van der Waals surface area (Å²) in [5, 5.41) is 16.4. The van der Waals surface area contributed by atoms with Gasteiger partial charge in [0.25, 0.3) is 16.8 Å². The first-order valence-electron chi connectivity index (χ1n) is 9.63. The van der Waals surface area contributed by atoms with Gasteiger partial charge < -0.3 is 25.1 Å². The monoisotopic (exact) mass is 411 g/mol. The van der Waals surface area contributed by atoms with E-state index in [1.165, 1.54) is 17.0 Å². The lowest BCUT2D eigenvalue weighted by Gasteiger charge is -2.21. The highest BCUT2D eigenvalue weighted by atomic mass is 16.3. The standard InChI is InChI=1S/C22H25N3O5/c1-6-14(16-10-11(2)12(3)30-16)23-17-18(21(28)20(17)27)24-15-9-7-8-13(19(15)26)22(29)25(4)5/h7-10,14,23-24,26H,6H2,1-5H3. The number of carbonyl (C=O) groups is 1. The number of nitrogens with one attached hydrogen (secondary N) is 2. The number of para-hydroxylation sites is 1. The van der Waals surface area contributed by atoms with E-state index in [0.717, 1.165) is 11.3 Å². The zero-order valence-corrected chi connectivity index (χ0v) is 17.6. The van der Waals surface area contributed by atoms with Gasteiger partial charge in [0.2, 0.25) is 0 Å². The Kier molecular flexibility index (Phi) is 5.69. The Morgan fingerprint density at radius 3 is 2.40 bits per heavy atom. The molecule has 3 rings (SSSR count). The molecular weight excluding hydrogens is 386 g/mol. The fourth-order valence-corrected chi connectivity index (χ4v) is 3.16. The molecule has 0 aliphatic heterocycles. The van der Waals surface area contributed by atoms with Crippen molar-refractivity contribution in [2.24, 2.45) is 0 Å². The van der Waals surface area contributed by atoms with Gasteiger partial charge in [0.05, 0.1) is 17.3 Å². The van der Waals surface area contributed by atoms with Crippen molar-refractivity contribution in [3.05, 3.63) is 67.4 Å². The second kappa shape index (κ2) is 8.06. The van der Waals surface area contributed by atoms with Crippen molar-refractivity contribution in [2.45, 2.75) is 33.2 Å². The van der Waals surface area contributed by atoms with Gasteiger partial charge >= 0.3 is 0 Å². The summed E-state index contributed by atoms with van der Waals surface area (Å²) in [6.07, 6.45) is 0.628. The molecule has 1 atom stereocenters. The predicted molar refractivity (Wildman–Crippen MR) is 116 cm³/mol. The van der Waals surface area contributed by atoms with Crippen LogP contribution in [0.3, 0.4) is 0 Å². The van der Waals surface area contributed by atoms with E-state index < -0.39 is 10.9 Å². The fraction of sp³-hybridized carbons (Fsp3) is 0.318. The van der Waals surface area contributed by atoms with E-state index in [1.54, 1.807) is 20.2 Å². The van der Waals surface area contributed by atoms with Crippen LogP contribution in [0.5, 0.6) is 5.75 Å². The Morgan fingerprint density at radius 1 is 1.17 bits per heavy atom. The number of hydrogen-bond donors (Lipinski definition) is 3. The molecule has 0 radical (unpaired) electrons. The third-order valence-corrected chi connectivity index (χ3v) is 5.10. The minimum absolute atomic E-state index is 0.0446. The Morgan fingerprint density at radius 2 is 1.83 bits per heavy atom. The van der Waals surface area contributed by atoms with Gasteiger partial charge in [-0.3, -0.25) is 14.4 Å². The summed E-state index contributed by atoms with van der Waals surface area (Å²) in [6, 6.07) is 6.20. The molecule has 1 amide bonds. The van der Waals surface area contributed by atoms with Crippen molar-refractivity contribution in [1.29, 1.82) is 0 Å². The van der Waals surface area contributed by atoms with Crippen LogP contribution in [0.2, 0.25) is 0 Å². The zero-order chi connectivity index (χ0) is 22.2. The average Bonchev–Trinajstić information content (AvgIpc) is 3.05. The van der Waals surface area contributed by atoms with Crippen molar-refractivity contribution in [3.8, 4) is 5.75 Å². The van der Waals surface area contributed by atoms with E-state index in [2.05, 4.69) is 10.6 Å². The lowest BCUT2D eigenvalue weighted by atomic mass is 10.1. The van der Waals surface area contributed by atoms with E-state index in [9.17, 15) is 19.5 Å².